The molecule has 0 aliphatic rings. The first kappa shape index (κ1) is 17.6. The van der Waals surface area contributed by atoms with Gasteiger partial charge in [-0.3, -0.25) is 0 Å². The number of hydrogen-bond acceptors (Lipinski definition) is 6. The van der Waals surface area contributed by atoms with E-state index in [9.17, 15) is 20.9 Å². The molecule has 2 unspecified atom stereocenters. The van der Waals surface area contributed by atoms with Crippen molar-refractivity contribution in [3.8, 4) is 11.8 Å². The number of allylic oxidation sites excluding steroid dienone is 1. The SMILES string of the molecule is COc1ccc(/C=C(/C#N)c2ccc([NH+]([O-])O)cc2)cc1[NH+]([O-])O. The van der Waals surface area contributed by atoms with E-state index in [1.165, 1.54) is 49.6 Å². The number of methoxy groups -OCH3 is 1. The van der Waals surface area contributed by atoms with Crippen LogP contribution in [0.3, 0.4) is 0 Å². The molecule has 0 amide bonds. The highest BCUT2D eigenvalue weighted by molar-refractivity contribution is 5.90. The molecule has 0 saturated heterocycles. The Morgan fingerprint density at radius 3 is 2.29 bits per heavy atom. The Kier molecular flexibility index (Phi) is 5.62. The maximum atomic E-state index is 11.2. The number of nitrogens with one attached hydrogen (secondary N) is 2. The molecule has 2 atom stereocenters. The van der Waals surface area contributed by atoms with Crippen LogP contribution in [-0.4, -0.2) is 17.5 Å². The number of ether oxygens (including phenoxy) is 1. The van der Waals surface area contributed by atoms with E-state index in [0.717, 1.165) is 0 Å². The lowest BCUT2D eigenvalue weighted by Crippen LogP contribution is -2.99. The molecule has 2 aromatic carbocycles. The van der Waals surface area contributed by atoms with Crippen LogP contribution in [0.5, 0.6) is 5.75 Å². The summed E-state index contributed by atoms with van der Waals surface area (Å²) >= 11 is 0. The zero-order valence-electron chi connectivity index (χ0n) is 12.7. The number of hydrogen-bond donors (Lipinski definition) is 4. The Balaban J connectivity index is 2.40. The van der Waals surface area contributed by atoms with Gasteiger partial charge in [0.05, 0.1) is 18.8 Å². The largest absolute Gasteiger partial charge is 0.595 e. The van der Waals surface area contributed by atoms with Gasteiger partial charge < -0.3 is 15.2 Å². The minimum Gasteiger partial charge on any atom is -0.595 e. The molecule has 124 valence electrons. The fourth-order valence-corrected chi connectivity index (χ4v) is 2.12. The molecule has 0 bridgehead atoms. The van der Waals surface area contributed by atoms with Crippen LogP contribution in [-0.2, 0) is 0 Å². The van der Waals surface area contributed by atoms with Gasteiger partial charge in [0.2, 0.25) is 5.69 Å². The summed E-state index contributed by atoms with van der Waals surface area (Å²) < 4.78 is 4.99. The normalized spacial score (nSPS) is 13.9. The Labute approximate surface area is 137 Å². The smallest absolute Gasteiger partial charge is 0.206 e. The summed E-state index contributed by atoms with van der Waals surface area (Å²) in [4.78, 5) is 0. The van der Waals surface area contributed by atoms with Crippen LogP contribution in [0.4, 0.5) is 11.4 Å². The van der Waals surface area contributed by atoms with Crippen LogP contribution in [0.1, 0.15) is 11.1 Å². The number of quaternary nitrogens is 2. The lowest BCUT2D eigenvalue weighted by atomic mass is 10.0. The third-order valence-corrected chi connectivity index (χ3v) is 3.33. The van der Waals surface area contributed by atoms with Gasteiger partial charge in [0.25, 0.3) is 0 Å². The summed E-state index contributed by atoms with van der Waals surface area (Å²) in [5, 5.41) is 47.3. The monoisotopic (exact) mass is 329 g/mol. The van der Waals surface area contributed by atoms with Gasteiger partial charge in [0.1, 0.15) is 0 Å². The number of nitrogens with zero attached hydrogens (tertiary/aromatic N) is 1. The van der Waals surface area contributed by atoms with Crippen molar-refractivity contribution in [2.24, 2.45) is 0 Å². The molecule has 0 fully saturated rings. The average Bonchev–Trinajstić information content (AvgIpc) is 2.59. The van der Waals surface area contributed by atoms with Gasteiger partial charge in [0.15, 0.2) is 11.4 Å². The minimum atomic E-state index is -1.13. The number of benzene rings is 2. The average molecular weight is 329 g/mol. The van der Waals surface area contributed by atoms with Crippen molar-refractivity contribution in [1.82, 2.24) is 0 Å². The van der Waals surface area contributed by atoms with E-state index < -0.39 is 10.5 Å². The predicted octanol–water partition coefficient (Wildman–Crippen LogP) is 0.566. The van der Waals surface area contributed by atoms with Crippen LogP contribution in [0, 0.1) is 21.7 Å². The molecule has 0 heterocycles. The van der Waals surface area contributed by atoms with Gasteiger partial charge in [0, 0.05) is 18.2 Å². The van der Waals surface area contributed by atoms with Crippen molar-refractivity contribution >= 4 is 23.0 Å². The van der Waals surface area contributed by atoms with E-state index >= 15 is 0 Å². The van der Waals surface area contributed by atoms with Crippen molar-refractivity contribution in [2.45, 2.75) is 0 Å². The van der Waals surface area contributed by atoms with Crippen molar-refractivity contribution in [2.75, 3.05) is 7.11 Å². The molecule has 8 heteroatoms. The van der Waals surface area contributed by atoms with Crippen molar-refractivity contribution < 1.29 is 25.6 Å². The summed E-state index contributed by atoms with van der Waals surface area (Å²) in [6.45, 7) is 0. The molecule has 0 aromatic heterocycles. The maximum Gasteiger partial charge on any atom is 0.206 e. The van der Waals surface area contributed by atoms with E-state index in [1.54, 1.807) is 6.07 Å². The fraction of sp³-hybridized carbons (Fsp3) is 0.0625. The zero-order valence-corrected chi connectivity index (χ0v) is 12.7. The second-order valence-electron chi connectivity index (χ2n) is 4.82. The number of nitriles is 1. The Morgan fingerprint density at radius 1 is 1.12 bits per heavy atom. The first-order valence-electron chi connectivity index (χ1n) is 6.83. The van der Waals surface area contributed by atoms with Gasteiger partial charge in [-0.2, -0.15) is 15.7 Å². The van der Waals surface area contributed by atoms with Crippen LogP contribution in [0.15, 0.2) is 42.5 Å². The highest BCUT2D eigenvalue weighted by Crippen LogP contribution is 2.25. The molecule has 0 radical (unpaired) electrons. The molecular formula is C16H15N3O5. The highest BCUT2D eigenvalue weighted by atomic mass is 16.8. The molecule has 0 aliphatic carbocycles. The topological polar surface area (TPSA) is 128 Å². The van der Waals surface area contributed by atoms with Gasteiger partial charge in [-0.25, -0.2) is 10.4 Å². The second kappa shape index (κ2) is 7.67. The molecule has 0 saturated carbocycles. The summed E-state index contributed by atoms with van der Waals surface area (Å²) in [5.74, 6) is 0.226. The van der Waals surface area contributed by atoms with Gasteiger partial charge >= 0.3 is 0 Å². The van der Waals surface area contributed by atoms with E-state index in [-0.39, 0.29) is 22.7 Å². The zero-order chi connectivity index (χ0) is 17.7. The van der Waals surface area contributed by atoms with Crippen LogP contribution < -0.4 is 15.2 Å². The highest BCUT2D eigenvalue weighted by Gasteiger charge is 2.11. The molecule has 4 N–H and O–H groups in total. The first-order chi connectivity index (χ1) is 11.5. The Bertz CT molecular complexity index is 779. The summed E-state index contributed by atoms with van der Waals surface area (Å²) in [5.41, 5.74) is 1.45. The molecule has 2 aromatic rings. The van der Waals surface area contributed by atoms with Crippen molar-refractivity contribution in [3.05, 3.63) is 64.0 Å². The van der Waals surface area contributed by atoms with Crippen molar-refractivity contribution in [1.29, 1.82) is 5.26 Å². The van der Waals surface area contributed by atoms with E-state index in [1.807, 2.05) is 6.07 Å². The first-order valence-corrected chi connectivity index (χ1v) is 6.83. The molecule has 8 nitrogen and oxygen atoms in total. The molecule has 24 heavy (non-hydrogen) atoms. The van der Waals surface area contributed by atoms with Crippen LogP contribution in [0.2, 0.25) is 0 Å². The summed E-state index contributed by atoms with van der Waals surface area (Å²) in [7, 11) is 1.38. The molecule has 2 rings (SSSR count). The summed E-state index contributed by atoms with van der Waals surface area (Å²) in [6.07, 6.45) is 1.53. The lowest BCUT2D eigenvalue weighted by Gasteiger charge is -2.15. The standard InChI is InChI=1S/C16H15N3O5/c1-24-16-7-2-11(9-15(16)19(22)23)8-13(10-17)12-3-5-14(6-4-12)18(20)21/h2-9,18-20,22H,1H3/b13-8-. The summed E-state index contributed by atoms with van der Waals surface area (Å²) in [6, 6.07) is 12.4. The number of rotatable bonds is 5. The van der Waals surface area contributed by atoms with Crippen molar-refractivity contribution in [3.63, 3.8) is 0 Å². The predicted molar refractivity (Wildman–Crippen MR) is 84.5 cm³/mol. The Morgan fingerprint density at radius 2 is 1.79 bits per heavy atom. The third kappa shape index (κ3) is 3.95. The van der Waals surface area contributed by atoms with Gasteiger partial charge in [-0.1, -0.05) is 6.07 Å². The Hall–Kier alpha value is -2.77. The van der Waals surface area contributed by atoms with E-state index in [4.69, 9.17) is 9.94 Å². The minimum absolute atomic E-state index is 0.00948. The molecule has 0 aliphatic heterocycles. The third-order valence-electron chi connectivity index (χ3n) is 3.33. The maximum absolute atomic E-state index is 11.2. The van der Waals surface area contributed by atoms with Gasteiger partial charge in [-0.15, -0.1) is 0 Å². The molecular weight excluding hydrogens is 314 g/mol. The van der Waals surface area contributed by atoms with Crippen LogP contribution >= 0.6 is 0 Å². The van der Waals surface area contributed by atoms with Crippen LogP contribution in [0.25, 0.3) is 11.6 Å². The lowest BCUT2D eigenvalue weighted by molar-refractivity contribution is -0.991. The quantitative estimate of drug-likeness (QED) is 0.360. The van der Waals surface area contributed by atoms with E-state index in [0.29, 0.717) is 11.1 Å². The second-order valence-corrected chi connectivity index (χ2v) is 4.82. The fourth-order valence-electron chi connectivity index (χ4n) is 2.12. The van der Waals surface area contributed by atoms with Gasteiger partial charge in [-0.05, 0) is 35.4 Å². The molecule has 0 spiro atoms. The van der Waals surface area contributed by atoms with E-state index in [2.05, 4.69) is 0 Å².